The van der Waals surface area contributed by atoms with Gasteiger partial charge in [0.2, 0.25) is 0 Å². The van der Waals surface area contributed by atoms with Crippen molar-refractivity contribution in [2.45, 2.75) is 13.8 Å². The fourth-order valence-corrected chi connectivity index (χ4v) is 1.39. The van der Waals surface area contributed by atoms with E-state index in [2.05, 4.69) is 40.1 Å². The van der Waals surface area contributed by atoms with Gasteiger partial charge < -0.3 is 11.1 Å². The van der Waals surface area contributed by atoms with Crippen LogP contribution in [0.1, 0.15) is 24.3 Å². The Labute approximate surface area is 97.4 Å². The molecule has 1 aromatic heterocycles. The van der Waals surface area contributed by atoms with Crippen molar-refractivity contribution in [2.75, 3.05) is 11.9 Å². The topological polar surface area (TPSA) is 68.0 Å². The number of hydrogen-bond donors (Lipinski definition) is 2. The van der Waals surface area contributed by atoms with Crippen molar-refractivity contribution in [2.24, 2.45) is 11.7 Å². The van der Waals surface area contributed by atoms with E-state index in [9.17, 15) is 4.79 Å². The molecule has 0 aromatic carbocycles. The Bertz CT molecular complexity index is 366. The van der Waals surface area contributed by atoms with Crippen LogP contribution in [0.2, 0.25) is 0 Å². The molecule has 0 saturated heterocycles. The molecule has 0 unspecified atom stereocenters. The maximum absolute atomic E-state index is 11.1. The first kappa shape index (κ1) is 12.0. The highest BCUT2D eigenvalue weighted by Crippen LogP contribution is 2.17. The van der Waals surface area contributed by atoms with Crippen LogP contribution in [0.4, 0.5) is 5.69 Å². The normalized spacial score (nSPS) is 10.4. The van der Waals surface area contributed by atoms with Gasteiger partial charge in [0.1, 0.15) is 4.60 Å². The number of aromatic nitrogens is 1. The monoisotopic (exact) mass is 271 g/mol. The van der Waals surface area contributed by atoms with Crippen molar-refractivity contribution in [1.82, 2.24) is 4.98 Å². The molecule has 0 fully saturated rings. The first-order chi connectivity index (χ1) is 7.00. The van der Waals surface area contributed by atoms with Crippen LogP contribution < -0.4 is 11.1 Å². The van der Waals surface area contributed by atoms with Crippen LogP contribution in [-0.4, -0.2) is 17.4 Å². The number of hydrogen-bond acceptors (Lipinski definition) is 3. The summed E-state index contributed by atoms with van der Waals surface area (Å²) in [5.74, 6) is -0.0306. The van der Waals surface area contributed by atoms with Crippen LogP contribution in [0.15, 0.2) is 16.7 Å². The maximum atomic E-state index is 11.1. The number of carbonyl (C=O) groups is 1. The highest BCUT2D eigenvalue weighted by atomic mass is 79.9. The quantitative estimate of drug-likeness (QED) is 0.824. The molecule has 5 heteroatoms. The Morgan fingerprint density at radius 3 is 2.80 bits per heavy atom. The van der Waals surface area contributed by atoms with Crippen molar-refractivity contribution < 1.29 is 4.79 Å². The predicted octanol–water partition coefficient (Wildman–Crippen LogP) is 2.01. The van der Waals surface area contributed by atoms with Gasteiger partial charge in [0.15, 0.2) is 5.69 Å². The fourth-order valence-electron chi connectivity index (χ4n) is 1.08. The molecule has 1 aromatic rings. The molecule has 0 saturated carbocycles. The number of pyridine rings is 1. The summed E-state index contributed by atoms with van der Waals surface area (Å²) in [7, 11) is 0. The van der Waals surface area contributed by atoms with Gasteiger partial charge in [0.05, 0.1) is 5.69 Å². The van der Waals surface area contributed by atoms with E-state index < -0.39 is 5.91 Å². The van der Waals surface area contributed by atoms with Gasteiger partial charge in [0, 0.05) is 6.54 Å². The average molecular weight is 272 g/mol. The van der Waals surface area contributed by atoms with E-state index in [0.29, 0.717) is 16.2 Å². The summed E-state index contributed by atoms with van der Waals surface area (Å²) in [6.45, 7) is 4.95. The van der Waals surface area contributed by atoms with Crippen molar-refractivity contribution in [1.29, 1.82) is 0 Å². The molecule has 1 amide bonds. The smallest absolute Gasteiger partial charge is 0.269 e. The molecular formula is C10H14BrN3O. The second-order valence-corrected chi connectivity index (χ2v) is 4.48. The maximum Gasteiger partial charge on any atom is 0.269 e. The zero-order chi connectivity index (χ0) is 11.4. The van der Waals surface area contributed by atoms with Gasteiger partial charge >= 0.3 is 0 Å². The third-order valence-electron chi connectivity index (χ3n) is 1.80. The van der Waals surface area contributed by atoms with Gasteiger partial charge in [-0.2, -0.15) is 0 Å². The van der Waals surface area contributed by atoms with Crippen LogP contribution in [0, 0.1) is 5.92 Å². The average Bonchev–Trinajstić information content (AvgIpc) is 2.15. The van der Waals surface area contributed by atoms with Crippen LogP contribution in [0.3, 0.4) is 0 Å². The molecule has 0 atom stereocenters. The molecule has 0 spiro atoms. The number of primary amides is 1. The van der Waals surface area contributed by atoms with Crippen LogP contribution in [-0.2, 0) is 0 Å². The lowest BCUT2D eigenvalue weighted by Crippen LogP contribution is -2.18. The number of amides is 1. The minimum absolute atomic E-state index is 0.269. The van der Waals surface area contributed by atoms with Crippen LogP contribution in [0.5, 0.6) is 0 Å². The summed E-state index contributed by atoms with van der Waals surface area (Å²) in [5, 5.41) is 3.14. The zero-order valence-electron chi connectivity index (χ0n) is 8.75. The predicted molar refractivity (Wildman–Crippen MR) is 63.8 cm³/mol. The number of rotatable bonds is 4. The first-order valence-corrected chi connectivity index (χ1v) is 5.50. The lowest BCUT2D eigenvalue weighted by molar-refractivity contribution is 0.0996. The first-order valence-electron chi connectivity index (χ1n) is 4.71. The van der Waals surface area contributed by atoms with Gasteiger partial charge in [-0.1, -0.05) is 13.8 Å². The standard InChI is InChI=1S/C10H14BrN3O/c1-6(2)5-13-7-3-4-8(11)14-9(7)10(12)15/h3-4,6,13H,5H2,1-2H3,(H2,12,15). The van der Waals surface area contributed by atoms with E-state index in [0.717, 1.165) is 6.54 Å². The van der Waals surface area contributed by atoms with Crippen molar-refractivity contribution >= 4 is 27.5 Å². The minimum atomic E-state index is -0.525. The molecule has 3 N–H and O–H groups in total. The molecule has 1 heterocycles. The van der Waals surface area contributed by atoms with E-state index in [1.807, 2.05) is 0 Å². The zero-order valence-corrected chi connectivity index (χ0v) is 10.3. The number of carbonyl (C=O) groups excluding carboxylic acids is 1. The van der Waals surface area contributed by atoms with Crippen molar-refractivity contribution in [3.63, 3.8) is 0 Å². The van der Waals surface area contributed by atoms with Crippen LogP contribution >= 0.6 is 15.9 Å². The number of nitrogens with two attached hydrogens (primary N) is 1. The summed E-state index contributed by atoms with van der Waals surface area (Å²) < 4.78 is 0.603. The number of nitrogens with zero attached hydrogens (tertiary/aromatic N) is 1. The van der Waals surface area contributed by atoms with Crippen LogP contribution in [0.25, 0.3) is 0 Å². The molecule has 15 heavy (non-hydrogen) atoms. The second-order valence-electron chi connectivity index (χ2n) is 3.67. The molecule has 4 nitrogen and oxygen atoms in total. The van der Waals surface area contributed by atoms with Crippen molar-refractivity contribution in [3.05, 3.63) is 22.4 Å². The molecule has 82 valence electrons. The highest BCUT2D eigenvalue weighted by molar-refractivity contribution is 9.10. The van der Waals surface area contributed by atoms with Gasteiger partial charge in [-0.25, -0.2) is 4.98 Å². The lowest BCUT2D eigenvalue weighted by atomic mass is 10.2. The molecule has 0 aliphatic heterocycles. The van der Waals surface area contributed by atoms with E-state index in [4.69, 9.17) is 5.73 Å². The van der Waals surface area contributed by atoms with Gasteiger partial charge in [-0.15, -0.1) is 0 Å². The Kier molecular flexibility index (Phi) is 4.08. The van der Waals surface area contributed by atoms with E-state index in [1.54, 1.807) is 12.1 Å². The van der Waals surface area contributed by atoms with E-state index >= 15 is 0 Å². The Morgan fingerprint density at radius 1 is 1.60 bits per heavy atom. The third-order valence-corrected chi connectivity index (χ3v) is 2.24. The Balaban J connectivity index is 2.91. The van der Waals surface area contributed by atoms with E-state index in [1.165, 1.54) is 0 Å². The summed E-state index contributed by atoms with van der Waals surface area (Å²) in [4.78, 5) is 15.1. The molecule has 0 aliphatic carbocycles. The second kappa shape index (κ2) is 5.11. The molecule has 1 rings (SSSR count). The minimum Gasteiger partial charge on any atom is -0.383 e. The number of nitrogens with one attached hydrogen (secondary N) is 1. The third kappa shape index (κ3) is 3.51. The number of halogens is 1. The van der Waals surface area contributed by atoms with Gasteiger partial charge in [-0.05, 0) is 34.0 Å². The Morgan fingerprint density at radius 2 is 2.27 bits per heavy atom. The van der Waals surface area contributed by atoms with Crippen molar-refractivity contribution in [3.8, 4) is 0 Å². The van der Waals surface area contributed by atoms with Gasteiger partial charge in [-0.3, -0.25) is 4.79 Å². The fraction of sp³-hybridized carbons (Fsp3) is 0.400. The largest absolute Gasteiger partial charge is 0.383 e. The summed E-state index contributed by atoms with van der Waals surface area (Å²) in [6.07, 6.45) is 0. The summed E-state index contributed by atoms with van der Waals surface area (Å²) in [6, 6.07) is 3.56. The summed E-state index contributed by atoms with van der Waals surface area (Å²) in [5.41, 5.74) is 6.18. The lowest BCUT2D eigenvalue weighted by Gasteiger charge is -2.11. The van der Waals surface area contributed by atoms with E-state index in [-0.39, 0.29) is 5.69 Å². The van der Waals surface area contributed by atoms with Gasteiger partial charge in [0.25, 0.3) is 5.91 Å². The molecular weight excluding hydrogens is 258 g/mol. The highest BCUT2D eigenvalue weighted by Gasteiger charge is 2.10. The summed E-state index contributed by atoms with van der Waals surface area (Å²) >= 11 is 3.20. The number of anilines is 1. The molecule has 0 aliphatic rings. The Hall–Kier alpha value is -1.10. The molecule has 0 bridgehead atoms. The molecule has 0 radical (unpaired) electrons. The SMILES string of the molecule is CC(C)CNc1ccc(Br)nc1C(N)=O.